The Labute approximate surface area is 157 Å². The molecule has 150 valence electrons. The number of nitrogens with one attached hydrogen (secondary N) is 1. The first kappa shape index (κ1) is 19.8. The lowest BCUT2D eigenvalue weighted by molar-refractivity contribution is -0.140. The third-order valence-electron chi connectivity index (χ3n) is 5.22. The van der Waals surface area contributed by atoms with Crippen LogP contribution in [0.25, 0.3) is 0 Å². The molecule has 0 unspecified atom stereocenters. The van der Waals surface area contributed by atoms with Gasteiger partial charge in [-0.05, 0) is 58.6 Å². The highest BCUT2D eigenvalue weighted by atomic mass is 19.4. The molecule has 1 saturated carbocycles. The summed E-state index contributed by atoms with van der Waals surface area (Å²) in [5.74, 6) is 0. The van der Waals surface area contributed by atoms with Crippen LogP contribution in [0.1, 0.15) is 52.1 Å². The Balaban J connectivity index is 1.53. The van der Waals surface area contributed by atoms with Gasteiger partial charge in [0.1, 0.15) is 5.60 Å². The average molecular weight is 385 g/mol. The van der Waals surface area contributed by atoms with E-state index in [1.807, 2.05) is 20.8 Å². The summed E-state index contributed by atoms with van der Waals surface area (Å²) >= 11 is 0. The molecule has 0 bridgehead atoms. The van der Waals surface area contributed by atoms with Gasteiger partial charge in [0.2, 0.25) is 0 Å². The molecule has 1 spiro atoms. The van der Waals surface area contributed by atoms with E-state index in [0.717, 1.165) is 25.7 Å². The van der Waals surface area contributed by atoms with E-state index in [1.165, 1.54) is 18.3 Å². The summed E-state index contributed by atoms with van der Waals surface area (Å²) in [6.45, 7) is 6.65. The first-order chi connectivity index (χ1) is 12.5. The molecule has 2 aliphatic rings. The van der Waals surface area contributed by atoms with Gasteiger partial charge in [-0.3, -0.25) is 0 Å². The predicted molar refractivity (Wildman–Crippen MR) is 95.5 cm³/mol. The molecule has 1 N–H and O–H groups in total. The predicted octanol–water partition coefficient (Wildman–Crippen LogP) is 4.37. The third kappa shape index (κ3) is 4.65. The van der Waals surface area contributed by atoms with Crippen LogP contribution in [-0.2, 0) is 10.9 Å². The van der Waals surface area contributed by atoms with Crippen molar-refractivity contribution >= 4 is 11.8 Å². The number of alkyl halides is 3. The Morgan fingerprint density at radius 1 is 1.26 bits per heavy atom. The molecule has 2 heterocycles. The SMILES string of the molecule is CC(C)(C)OC(=O)NC1CCC2(CC1)CN(c1cccnc1C(F)(F)F)C2. The Bertz CT molecular complexity index is 684. The fraction of sp³-hybridized carbons (Fsp3) is 0.684. The second-order valence-electron chi connectivity index (χ2n) is 8.65. The van der Waals surface area contributed by atoms with Crippen molar-refractivity contribution in [2.45, 2.75) is 64.3 Å². The Hall–Kier alpha value is -1.99. The van der Waals surface area contributed by atoms with Crippen LogP contribution < -0.4 is 10.2 Å². The van der Waals surface area contributed by atoms with Crippen molar-refractivity contribution in [2.24, 2.45) is 5.41 Å². The molecule has 1 aliphatic carbocycles. The fourth-order valence-electron chi connectivity index (χ4n) is 3.97. The molecular formula is C19H26F3N3O2. The van der Waals surface area contributed by atoms with Crippen molar-refractivity contribution in [1.82, 2.24) is 10.3 Å². The van der Waals surface area contributed by atoms with Crippen LogP contribution in [0, 0.1) is 5.41 Å². The molecule has 8 heteroatoms. The number of aromatic nitrogens is 1. The topological polar surface area (TPSA) is 54.5 Å². The molecule has 2 fully saturated rings. The van der Waals surface area contributed by atoms with Gasteiger partial charge in [0.25, 0.3) is 0 Å². The first-order valence-corrected chi connectivity index (χ1v) is 9.24. The standard InChI is InChI=1S/C19H26F3N3O2/c1-17(2,3)27-16(26)24-13-6-8-18(9-7-13)11-25(12-18)14-5-4-10-23-15(14)19(20,21)22/h4-5,10,13H,6-9,11-12H2,1-3H3,(H,24,26). The largest absolute Gasteiger partial charge is 0.444 e. The molecule has 0 aromatic carbocycles. The zero-order valence-electron chi connectivity index (χ0n) is 15.9. The molecule has 1 aliphatic heterocycles. The highest BCUT2D eigenvalue weighted by Gasteiger charge is 2.48. The van der Waals surface area contributed by atoms with Gasteiger partial charge in [0.15, 0.2) is 5.69 Å². The van der Waals surface area contributed by atoms with E-state index in [2.05, 4.69) is 10.3 Å². The van der Waals surface area contributed by atoms with Crippen LogP contribution >= 0.6 is 0 Å². The van der Waals surface area contributed by atoms with Crippen molar-refractivity contribution in [3.05, 3.63) is 24.0 Å². The maximum atomic E-state index is 13.2. The molecule has 3 rings (SSSR count). The summed E-state index contributed by atoms with van der Waals surface area (Å²) in [6.07, 6.45) is -0.303. The smallest absolute Gasteiger partial charge is 0.435 e. The van der Waals surface area contributed by atoms with E-state index < -0.39 is 23.6 Å². The van der Waals surface area contributed by atoms with Crippen molar-refractivity contribution in [2.75, 3.05) is 18.0 Å². The molecule has 1 saturated heterocycles. The highest BCUT2D eigenvalue weighted by molar-refractivity contribution is 5.68. The number of nitrogens with zero attached hydrogens (tertiary/aromatic N) is 2. The minimum absolute atomic E-state index is 0.0326. The van der Waals surface area contributed by atoms with E-state index in [0.29, 0.717) is 13.1 Å². The van der Waals surface area contributed by atoms with Gasteiger partial charge in [-0.15, -0.1) is 0 Å². The van der Waals surface area contributed by atoms with Crippen molar-refractivity contribution in [3.63, 3.8) is 0 Å². The Morgan fingerprint density at radius 2 is 1.89 bits per heavy atom. The molecule has 0 atom stereocenters. The Morgan fingerprint density at radius 3 is 2.44 bits per heavy atom. The number of anilines is 1. The van der Waals surface area contributed by atoms with Crippen molar-refractivity contribution in [3.8, 4) is 0 Å². The van der Waals surface area contributed by atoms with Crippen LogP contribution in [0.3, 0.4) is 0 Å². The van der Waals surface area contributed by atoms with Crippen LogP contribution in [0.5, 0.6) is 0 Å². The number of ether oxygens (including phenoxy) is 1. The summed E-state index contributed by atoms with van der Waals surface area (Å²) in [4.78, 5) is 17.2. The van der Waals surface area contributed by atoms with E-state index in [9.17, 15) is 18.0 Å². The summed E-state index contributed by atoms with van der Waals surface area (Å²) in [5.41, 5.74) is -1.16. The van der Waals surface area contributed by atoms with Crippen molar-refractivity contribution < 1.29 is 22.7 Å². The average Bonchev–Trinajstić information content (AvgIpc) is 2.51. The summed E-state index contributed by atoms with van der Waals surface area (Å²) in [6, 6.07) is 3.08. The number of halogens is 3. The van der Waals surface area contributed by atoms with Gasteiger partial charge in [0, 0.05) is 30.7 Å². The lowest BCUT2D eigenvalue weighted by Crippen LogP contribution is -2.59. The summed E-state index contributed by atoms with van der Waals surface area (Å²) in [5, 5.41) is 2.90. The van der Waals surface area contributed by atoms with E-state index in [-0.39, 0.29) is 17.1 Å². The summed E-state index contributed by atoms with van der Waals surface area (Å²) in [7, 11) is 0. The zero-order chi connectivity index (χ0) is 19.9. The van der Waals surface area contributed by atoms with Gasteiger partial charge in [-0.1, -0.05) is 0 Å². The second kappa shape index (κ2) is 6.87. The van der Waals surface area contributed by atoms with Gasteiger partial charge >= 0.3 is 12.3 Å². The number of pyridine rings is 1. The number of carbonyl (C=O) groups excluding carboxylic acids is 1. The van der Waals surface area contributed by atoms with Gasteiger partial charge < -0.3 is 15.0 Å². The number of rotatable bonds is 2. The molecule has 1 aromatic heterocycles. The molecule has 1 aromatic rings. The van der Waals surface area contributed by atoms with Crippen LogP contribution in [0.15, 0.2) is 18.3 Å². The maximum Gasteiger partial charge on any atom is 0.435 e. The zero-order valence-corrected chi connectivity index (χ0v) is 15.9. The van der Waals surface area contributed by atoms with E-state index in [4.69, 9.17) is 4.74 Å². The number of hydrogen-bond acceptors (Lipinski definition) is 4. The van der Waals surface area contributed by atoms with E-state index >= 15 is 0 Å². The number of hydrogen-bond donors (Lipinski definition) is 1. The number of amides is 1. The normalized spacial score (nSPS) is 20.3. The summed E-state index contributed by atoms with van der Waals surface area (Å²) < 4.78 is 44.7. The maximum absolute atomic E-state index is 13.2. The quantitative estimate of drug-likeness (QED) is 0.821. The molecular weight excluding hydrogens is 359 g/mol. The monoisotopic (exact) mass is 385 g/mol. The van der Waals surface area contributed by atoms with Crippen LogP contribution in [0.4, 0.5) is 23.7 Å². The molecule has 27 heavy (non-hydrogen) atoms. The number of alkyl carbamates (subject to hydrolysis) is 1. The third-order valence-corrected chi connectivity index (χ3v) is 5.22. The van der Waals surface area contributed by atoms with E-state index in [1.54, 1.807) is 4.90 Å². The van der Waals surface area contributed by atoms with Gasteiger partial charge in [0.05, 0.1) is 5.69 Å². The minimum atomic E-state index is -4.45. The van der Waals surface area contributed by atoms with Crippen molar-refractivity contribution in [1.29, 1.82) is 0 Å². The highest BCUT2D eigenvalue weighted by Crippen LogP contribution is 2.47. The van der Waals surface area contributed by atoms with Crippen LogP contribution in [-0.4, -0.2) is 35.8 Å². The Kier molecular flexibility index (Phi) is 5.03. The second-order valence-corrected chi connectivity index (χ2v) is 8.65. The molecule has 0 radical (unpaired) electrons. The number of carbonyl (C=O) groups is 1. The molecule has 5 nitrogen and oxygen atoms in total. The van der Waals surface area contributed by atoms with Gasteiger partial charge in [-0.2, -0.15) is 13.2 Å². The van der Waals surface area contributed by atoms with Gasteiger partial charge in [-0.25, -0.2) is 9.78 Å². The minimum Gasteiger partial charge on any atom is -0.444 e. The first-order valence-electron chi connectivity index (χ1n) is 9.24. The lowest BCUT2D eigenvalue weighted by atomic mass is 9.67. The fourth-order valence-corrected chi connectivity index (χ4v) is 3.97. The lowest BCUT2D eigenvalue weighted by Gasteiger charge is -2.54. The molecule has 1 amide bonds. The van der Waals surface area contributed by atoms with Crippen LogP contribution in [0.2, 0.25) is 0 Å².